The highest BCUT2D eigenvalue weighted by Gasteiger charge is 2.51. The Hall–Kier alpha value is -0.570. The van der Waals surface area contributed by atoms with Gasteiger partial charge in [-0.1, -0.05) is 0 Å². The Morgan fingerprint density at radius 1 is 1.19 bits per heavy atom. The van der Waals surface area contributed by atoms with Crippen LogP contribution in [0.25, 0.3) is 0 Å². The second kappa shape index (κ2) is 5.26. The molecule has 21 heavy (non-hydrogen) atoms. The lowest BCUT2D eigenvalue weighted by molar-refractivity contribution is -0.130. The highest BCUT2D eigenvalue weighted by Crippen LogP contribution is 2.61. The maximum absolute atomic E-state index is 12.5. The van der Waals surface area contributed by atoms with Crippen LogP contribution in [0.2, 0.25) is 0 Å². The number of rotatable bonds is 4. The molecule has 4 saturated carbocycles. The first-order chi connectivity index (χ1) is 10.1. The minimum Gasteiger partial charge on any atom is -0.376 e. The molecule has 118 valence electrons. The molecule has 1 heterocycles. The van der Waals surface area contributed by atoms with Gasteiger partial charge < -0.3 is 10.1 Å². The summed E-state index contributed by atoms with van der Waals surface area (Å²) < 4.78 is 5.69. The fourth-order valence-electron chi connectivity index (χ4n) is 6.24. The summed E-state index contributed by atoms with van der Waals surface area (Å²) in [6.07, 6.45) is 11.6. The molecule has 2 atom stereocenters. The molecule has 0 aromatic heterocycles. The van der Waals surface area contributed by atoms with Crippen LogP contribution in [0.1, 0.15) is 64.7 Å². The van der Waals surface area contributed by atoms with Gasteiger partial charge in [0.05, 0.1) is 12.1 Å². The van der Waals surface area contributed by atoms with Gasteiger partial charge in [0.25, 0.3) is 0 Å². The van der Waals surface area contributed by atoms with Crippen molar-refractivity contribution in [1.82, 2.24) is 5.32 Å². The second-order valence-corrected chi connectivity index (χ2v) is 8.50. The molecule has 2 unspecified atom stereocenters. The molecule has 1 saturated heterocycles. The zero-order chi connectivity index (χ0) is 14.4. The standard InChI is InChI=1S/C18H29NO2/c1-12(16-3-2-4-21-16)19-17(20)11-18-8-13-5-14(9-18)7-15(6-13)10-18/h12-16H,2-11H2,1H3,(H,19,20). The third-order valence-corrected chi connectivity index (χ3v) is 6.61. The number of ether oxygens (including phenoxy) is 1. The lowest BCUT2D eigenvalue weighted by atomic mass is 9.49. The Labute approximate surface area is 128 Å². The second-order valence-electron chi connectivity index (χ2n) is 8.50. The van der Waals surface area contributed by atoms with Crippen molar-refractivity contribution in [1.29, 1.82) is 0 Å². The number of hydrogen-bond acceptors (Lipinski definition) is 2. The Balaban J connectivity index is 1.36. The van der Waals surface area contributed by atoms with Crippen LogP contribution >= 0.6 is 0 Å². The highest BCUT2D eigenvalue weighted by molar-refractivity contribution is 5.77. The number of amides is 1. The average Bonchev–Trinajstić information content (AvgIpc) is 2.89. The fraction of sp³-hybridized carbons (Fsp3) is 0.944. The molecule has 5 fully saturated rings. The smallest absolute Gasteiger partial charge is 0.220 e. The van der Waals surface area contributed by atoms with Gasteiger partial charge in [-0.05, 0) is 81.5 Å². The number of carbonyl (C=O) groups is 1. The van der Waals surface area contributed by atoms with Gasteiger partial charge in [0.2, 0.25) is 5.91 Å². The van der Waals surface area contributed by atoms with Crippen LogP contribution in [0.15, 0.2) is 0 Å². The van der Waals surface area contributed by atoms with Gasteiger partial charge in [-0.25, -0.2) is 0 Å². The van der Waals surface area contributed by atoms with Crippen LogP contribution in [0, 0.1) is 23.2 Å². The van der Waals surface area contributed by atoms with E-state index in [1.54, 1.807) is 0 Å². The molecule has 0 aromatic rings. The molecule has 0 radical (unpaired) electrons. The van der Waals surface area contributed by atoms with E-state index in [1.807, 2.05) is 0 Å². The summed E-state index contributed by atoms with van der Waals surface area (Å²) in [5.41, 5.74) is 0.356. The number of nitrogens with one attached hydrogen (secondary N) is 1. The van der Waals surface area contributed by atoms with Gasteiger partial charge >= 0.3 is 0 Å². The molecular formula is C18H29NO2. The molecule has 1 N–H and O–H groups in total. The van der Waals surface area contributed by atoms with Crippen LogP contribution in [-0.4, -0.2) is 24.7 Å². The Morgan fingerprint density at radius 3 is 2.33 bits per heavy atom. The minimum absolute atomic E-state index is 0.175. The summed E-state index contributed by atoms with van der Waals surface area (Å²) in [5, 5.41) is 3.23. The summed E-state index contributed by atoms with van der Waals surface area (Å²) in [7, 11) is 0. The van der Waals surface area contributed by atoms with Crippen LogP contribution in [0.3, 0.4) is 0 Å². The van der Waals surface area contributed by atoms with Crippen molar-refractivity contribution in [2.75, 3.05) is 6.61 Å². The molecule has 3 heteroatoms. The Morgan fingerprint density at radius 2 is 1.81 bits per heavy atom. The first-order valence-electron chi connectivity index (χ1n) is 9.03. The molecule has 1 amide bonds. The van der Waals surface area contributed by atoms with Crippen LogP contribution in [-0.2, 0) is 9.53 Å². The monoisotopic (exact) mass is 291 g/mol. The van der Waals surface area contributed by atoms with Gasteiger partial charge in [0.15, 0.2) is 0 Å². The quantitative estimate of drug-likeness (QED) is 0.863. The lowest BCUT2D eigenvalue weighted by Crippen LogP contribution is -2.49. The Bertz CT molecular complexity index is 378. The third-order valence-electron chi connectivity index (χ3n) is 6.61. The van der Waals surface area contributed by atoms with Crippen molar-refractivity contribution in [2.45, 2.75) is 76.9 Å². The average molecular weight is 291 g/mol. The first kappa shape index (κ1) is 14.0. The van der Waals surface area contributed by atoms with Crippen molar-refractivity contribution >= 4 is 5.91 Å². The predicted octanol–water partition coefficient (Wildman–Crippen LogP) is 3.28. The molecule has 0 spiro atoms. The molecule has 3 nitrogen and oxygen atoms in total. The fourth-order valence-corrected chi connectivity index (χ4v) is 6.24. The molecule has 5 rings (SSSR count). The SMILES string of the molecule is CC(NC(=O)CC12CC3CC(CC(C3)C1)C2)C1CCCO1. The van der Waals surface area contributed by atoms with Crippen molar-refractivity contribution in [2.24, 2.45) is 23.2 Å². The number of carbonyl (C=O) groups excluding carboxylic acids is 1. The van der Waals surface area contributed by atoms with Gasteiger partial charge in [-0.15, -0.1) is 0 Å². The van der Waals surface area contributed by atoms with Crippen molar-refractivity contribution in [3.8, 4) is 0 Å². The molecular weight excluding hydrogens is 262 g/mol. The lowest BCUT2D eigenvalue weighted by Gasteiger charge is -2.56. The van der Waals surface area contributed by atoms with Crippen LogP contribution in [0.4, 0.5) is 0 Å². The van der Waals surface area contributed by atoms with Crippen molar-refractivity contribution in [3.63, 3.8) is 0 Å². The van der Waals surface area contributed by atoms with E-state index >= 15 is 0 Å². The normalized spacial score (nSPS) is 45.8. The van der Waals surface area contributed by atoms with E-state index < -0.39 is 0 Å². The van der Waals surface area contributed by atoms with Gasteiger partial charge in [-0.2, -0.15) is 0 Å². The molecule has 0 aromatic carbocycles. The van der Waals surface area contributed by atoms with Crippen LogP contribution < -0.4 is 5.32 Å². The summed E-state index contributed by atoms with van der Waals surface area (Å²) >= 11 is 0. The zero-order valence-corrected chi connectivity index (χ0v) is 13.3. The molecule has 5 aliphatic rings. The molecule has 4 aliphatic carbocycles. The van der Waals surface area contributed by atoms with Crippen LogP contribution in [0.5, 0.6) is 0 Å². The van der Waals surface area contributed by atoms with E-state index in [9.17, 15) is 4.79 Å². The maximum Gasteiger partial charge on any atom is 0.220 e. The van der Waals surface area contributed by atoms with E-state index in [2.05, 4.69) is 12.2 Å². The predicted molar refractivity (Wildman–Crippen MR) is 81.8 cm³/mol. The molecule has 1 aliphatic heterocycles. The topological polar surface area (TPSA) is 38.3 Å². The van der Waals surface area contributed by atoms with E-state index in [1.165, 1.54) is 38.5 Å². The summed E-state index contributed by atoms with van der Waals surface area (Å²) in [5.74, 6) is 3.07. The summed E-state index contributed by atoms with van der Waals surface area (Å²) in [4.78, 5) is 12.5. The minimum atomic E-state index is 0.175. The van der Waals surface area contributed by atoms with E-state index in [0.717, 1.165) is 43.6 Å². The third kappa shape index (κ3) is 2.74. The van der Waals surface area contributed by atoms with Gasteiger partial charge in [0, 0.05) is 13.0 Å². The highest BCUT2D eigenvalue weighted by atomic mass is 16.5. The summed E-state index contributed by atoms with van der Waals surface area (Å²) in [6, 6.07) is 0.175. The first-order valence-corrected chi connectivity index (χ1v) is 9.03. The van der Waals surface area contributed by atoms with Gasteiger partial charge in [0.1, 0.15) is 0 Å². The summed E-state index contributed by atoms with van der Waals surface area (Å²) in [6.45, 7) is 2.97. The van der Waals surface area contributed by atoms with E-state index in [4.69, 9.17) is 4.74 Å². The maximum atomic E-state index is 12.5. The number of hydrogen-bond donors (Lipinski definition) is 1. The van der Waals surface area contributed by atoms with Crippen molar-refractivity contribution in [3.05, 3.63) is 0 Å². The largest absolute Gasteiger partial charge is 0.376 e. The van der Waals surface area contributed by atoms with Gasteiger partial charge in [-0.3, -0.25) is 4.79 Å². The Kier molecular flexibility index (Phi) is 3.52. The van der Waals surface area contributed by atoms with E-state index in [0.29, 0.717) is 5.41 Å². The zero-order valence-electron chi connectivity index (χ0n) is 13.3. The molecule has 4 bridgehead atoms. The van der Waals surface area contributed by atoms with Crippen molar-refractivity contribution < 1.29 is 9.53 Å². The van der Waals surface area contributed by atoms with E-state index in [-0.39, 0.29) is 18.1 Å².